The predicted octanol–water partition coefficient (Wildman–Crippen LogP) is 5.10. The zero-order valence-corrected chi connectivity index (χ0v) is 11.4. The van der Waals surface area contributed by atoms with Crippen LogP contribution in [0.5, 0.6) is 0 Å². The third-order valence-electron chi connectivity index (χ3n) is 3.96. The molecule has 0 heteroatoms. The van der Waals surface area contributed by atoms with Gasteiger partial charge >= 0.3 is 0 Å². The van der Waals surface area contributed by atoms with E-state index in [9.17, 15) is 0 Å². The van der Waals surface area contributed by atoms with Gasteiger partial charge in [0.1, 0.15) is 0 Å². The molecule has 0 heterocycles. The summed E-state index contributed by atoms with van der Waals surface area (Å²) in [4.78, 5) is 0. The minimum atomic E-state index is 0.267. The number of benzene rings is 1. The monoisotopic (exact) mass is 236 g/mol. The van der Waals surface area contributed by atoms with E-state index in [2.05, 4.69) is 69.3 Å². The van der Waals surface area contributed by atoms with Crippen molar-refractivity contribution in [3.8, 4) is 0 Å². The number of hydrogen-bond donors (Lipinski definition) is 0. The lowest BCUT2D eigenvalue weighted by molar-refractivity contribution is 0.517. The SMILES string of the molecule is CC(C)(C)C1=CCC(C2C=Cc3ccccc32)=C1. The van der Waals surface area contributed by atoms with Crippen LogP contribution in [0.15, 0.2) is 53.6 Å². The Morgan fingerprint density at radius 3 is 2.61 bits per heavy atom. The van der Waals surface area contributed by atoms with Gasteiger partial charge in [-0.2, -0.15) is 0 Å². The first kappa shape index (κ1) is 11.5. The molecule has 0 aromatic heterocycles. The Balaban J connectivity index is 1.91. The lowest BCUT2D eigenvalue weighted by Crippen LogP contribution is -2.06. The first-order valence-corrected chi connectivity index (χ1v) is 6.74. The third kappa shape index (κ3) is 1.86. The largest absolute Gasteiger partial charge is 0.0767 e. The van der Waals surface area contributed by atoms with E-state index in [-0.39, 0.29) is 5.41 Å². The third-order valence-corrected chi connectivity index (χ3v) is 3.96. The summed E-state index contributed by atoms with van der Waals surface area (Å²) in [5.41, 5.74) is 6.14. The highest BCUT2D eigenvalue weighted by atomic mass is 14.3. The van der Waals surface area contributed by atoms with Crippen LogP contribution in [0.3, 0.4) is 0 Å². The summed E-state index contributed by atoms with van der Waals surface area (Å²) in [6.07, 6.45) is 10.5. The van der Waals surface area contributed by atoms with Gasteiger partial charge in [-0.3, -0.25) is 0 Å². The molecule has 0 spiro atoms. The summed E-state index contributed by atoms with van der Waals surface area (Å²) in [5, 5.41) is 0. The van der Waals surface area contributed by atoms with Crippen molar-refractivity contribution < 1.29 is 0 Å². The minimum Gasteiger partial charge on any atom is -0.0767 e. The molecule has 0 bridgehead atoms. The summed E-state index contributed by atoms with van der Waals surface area (Å²) in [5.74, 6) is 0.497. The second-order valence-electron chi connectivity index (χ2n) is 6.30. The lowest BCUT2D eigenvalue weighted by atomic mass is 9.86. The van der Waals surface area contributed by atoms with E-state index >= 15 is 0 Å². The number of hydrogen-bond acceptors (Lipinski definition) is 0. The molecule has 0 radical (unpaired) electrons. The smallest absolute Gasteiger partial charge is 0.0243 e. The number of allylic oxidation sites excluding steroid dienone is 5. The molecule has 0 amide bonds. The zero-order chi connectivity index (χ0) is 12.8. The molecule has 0 saturated heterocycles. The van der Waals surface area contributed by atoms with Crippen molar-refractivity contribution in [3.63, 3.8) is 0 Å². The topological polar surface area (TPSA) is 0 Å². The van der Waals surface area contributed by atoms with Crippen LogP contribution in [0, 0.1) is 5.41 Å². The van der Waals surface area contributed by atoms with E-state index < -0.39 is 0 Å². The fourth-order valence-corrected chi connectivity index (χ4v) is 2.86. The van der Waals surface area contributed by atoms with Crippen molar-refractivity contribution in [3.05, 3.63) is 64.8 Å². The van der Waals surface area contributed by atoms with Crippen LogP contribution in [0.4, 0.5) is 0 Å². The van der Waals surface area contributed by atoms with E-state index in [1.54, 1.807) is 5.57 Å². The summed E-state index contributed by atoms with van der Waals surface area (Å²) < 4.78 is 0. The highest BCUT2D eigenvalue weighted by Crippen LogP contribution is 2.42. The first-order valence-electron chi connectivity index (χ1n) is 6.74. The fourth-order valence-electron chi connectivity index (χ4n) is 2.86. The molecule has 0 N–H and O–H groups in total. The van der Waals surface area contributed by atoms with Crippen LogP contribution < -0.4 is 0 Å². The molecule has 1 atom stereocenters. The maximum absolute atomic E-state index is 2.41. The molecule has 3 rings (SSSR count). The van der Waals surface area contributed by atoms with Crippen molar-refractivity contribution in [2.24, 2.45) is 5.41 Å². The summed E-state index contributed by atoms with van der Waals surface area (Å²) in [6.45, 7) is 6.87. The van der Waals surface area contributed by atoms with Crippen molar-refractivity contribution in [1.82, 2.24) is 0 Å². The average Bonchev–Trinajstić information content (AvgIpc) is 2.94. The number of fused-ring (bicyclic) bond motifs is 1. The van der Waals surface area contributed by atoms with Gasteiger partial charge in [0.25, 0.3) is 0 Å². The van der Waals surface area contributed by atoms with E-state index in [1.807, 2.05) is 0 Å². The van der Waals surface area contributed by atoms with Crippen LogP contribution in [-0.4, -0.2) is 0 Å². The van der Waals surface area contributed by atoms with Crippen molar-refractivity contribution in [1.29, 1.82) is 0 Å². The standard InChI is InChI=1S/C18H20/c1-18(2,3)15-10-8-14(12-15)17-11-9-13-6-4-5-7-16(13)17/h4-7,9-12,17H,8H2,1-3H3. The molecular formula is C18H20. The van der Waals surface area contributed by atoms with Crippen LogP contribution in [0.2, 0.25) is 0 Å². The van der Waals surface area contributed by atoms with Crippen molar-refractivity contribution in [2.75, 3.05) is 0 Å². The highest BCUT2D eigenvalue weighted by molar-refractivity contribution is 5.65. The quantitative estimate of drug-likeness (QED) is 0.636. The van der Waals surface area contributed by atoms with Crippen LogP contribution in [0.25, 0.3) is 6.08 Å². The highest BCUT2D eigenvalue weighted by Gasteiger charge is 2.25. The molecule has 2 aliphatic rings. The van der Waals surface area contributed by atoms with Crippen molar-refractivity contribution in [2.45, 2.75) is 33.1 Å². The Morgan fingerprint density at radius 2 is 1.89 bits per heavy atom. The van der Waals surface area contributed by atoms with Gasteiger partial charge in [-0.15, -0.1) is 0 Å². The molecule has 18 heavy (non-hydrogen) atoms. The molecule has 0 fully saturated rings. The van der Waals surface area contributed by atoms with Crippen LogP contribution in [0.1, 0.15) is 44.2 Å². The Hall–Kier alpha value is -1.56. The lowest BCUT2D eigenvalue weighted by Gasteiger charge is -2.18. The summed E-state index contributed by atoms with van der Waals surface area (Å²) in [7, 11) is 0. The van der Waals surface area contributed by atoms with Crippen LogP contribution >= 0.6 is 0 Å². The summed E-state index contributed by atoms with van der Waals surface area (Å²) in [6, 6.07) is 8.73. The molecule has 0 aliphatic heterocycles. The molecular weight excluding hydrogens is 216 g/mol. The Morgan fingerprint density at radius 1 is 1.11 bits per heavy atom. The fraction of sp³-hybridized carbons (Fsp3) is 0.333. The average molecular weight is 236 g/mol. The van der Waals surface area contributed by atoms with Gasteiger partial charge in [0.2, 0.25) is 0 Å². The Labute approximate surface area is 110 Å². The molecule has 2 aliphatic carbocycles. The van der Waals surface area contributed by atoms with Gasteiger partial charge in [0, 0.05) is 5.92 Å². The predicted molar refractivity (Wildman–Crippen MR) is 78.5 cm³/mol. The first-order chi connectivity index (χ1) is 8.55. The molecule has 1 unspecified atom stereocenters. The van der Waals surface area contributed by atoms with Gasteiger partial charge in [0.15, 0.2) is 0 Å². The van der Waals surface area contributed by atoms with E-state index in [0.717, 1.165) is 6.42 Å². The number of rotatable bonds is 1. The van der Waals surface area contributed by atoms with E-state index in [1.165, 1.54) is 16.7 Å². The summed E-state index contributed by atoms with van der Waals surface area (Å²) >= 11 is 0. The van der Waals surface area contributed by atoms with E-state index in [0.29, 0.717) is 5.92 Å². The molecule has 1 aromatic rings. The second-order valence-corrected chi connectivity index (χ2v) is 6.30. The maximum atomic E-state index is 2.41. The zero-order valence-electron chi connectivity index (χ0n) is 11.4. The molecule has 0 saturated carbocycles. The van der Waals surface area contributed by atoms with Gasteiger partial charge in [-0.1, -0.05) is 74.9 Å². The van der Waals surface area contributed by atoms with Crippen molar-refractivity contribution >= 4 is 6.08 Å². The van der Waals surface area contributed by atoms with Gasteiger partial charge in [-0.25, -0.2) is 0 Å². The second kappa shape index (κ2) is 3.98. The molecule has 1 aromatic carbocycles. The Kier molecular flexibility index (Phi) is 2.55. The normalized spacial score (nSPS) is 21.8. The van der Waals surface area contributed by atoms with Gasteiger partial charge in [0.05, 0.1) is 0 Å². The molecule has 0 nitrogen and oxygen atoms in total. The molecule has 92 valence electrons. The van der Waals surface area contributed by atoms with Crippen LogP contribution in [-0.2, 0) is 0 Å². The van der Waals surface area contributed by atoms with Gasteiger partial charge < -0.3 is 0 Å². The van der Waals surface area contributed by atoms with E-state index in [4.69, 9.17) is 0 Å². The Bertz CT molecular complexity index is 562. The van der Waals surface area contributed by atoms with Gasteiger partial charge in [-0.05, 0) is 28.5 Å². The minimum absolute atomic E-state index is 0.267. The maximum Gasteiger partial charge on any atom is 0.0243 e.